The van der Waals surface area contributed by atoms with Crippen molar-refractivity contribution in [2.75, 3.05) is 26.2 Å². The molecule has 168 valence electrons. The third kappa shape index (κ3) is 4.68. The molecule has 2 aromatic carbocycles. The third-order valence-electron chi connectivity index (χ3n) is 5.77. The Balaban J connectivity index is 1.20. The van der Waals surface area contributed by atoms with E-state index in [0.29, 0.717) is 29.5 Å². The normalized spacial score (nSPS) is 14.5. The van der Waals surface area contributed by atoms with E-state index in [1.165, 1.54) is 0 Å². The molecule has 0 unspecified atom stereocenters. The topological polar surface area (TPSA) is 67.2 Å². The van der Waals surface area contributed by atoms with Crippen molar-refractivity contribution in [2.24, 2.45) is 0 Å². The molecular weight excluding hydrogens is 456 g/mol. The number of hydrogen-bond donors (Lipinski definition) is 0. The van der Waals surface area contributed by atoms with Crippen LogP contribution in [0.1, 0.15) is 21.9 Å². The van der Waals surface area contributed by atoms with Crippen LogP contribution in [0.5, 0.6) is 0 Å². The SMILES string of the molecule is Cc1c(C(=O)N2CCN(Cc3csc(-c4ccccc4)n3)CC2)nnn1-c1cccc(Cl)c1. The summed E-state index contributed by atoms with van der Waals surface area (Å²) < 4.78 is 1.65. The van der Waals surface area contributed by atoms with Gasteiger partial charge in [-0.25, -0.2) is 9.67 Å². The Morgan fingerprint density at radius 3 is 2.61 bits per heavy atom. The maximum absolute atomic E-state index is 13.1. The van der Waals surface area contributed by atoms with E-state index in [1.807, 2.05) is 42.2 Å². The van der Waals surface area contributed by atoms with Crippen molar-refractivity contribution in [1.82, 2.24) is 29.8 Å². The van der Waals surface area contributed by atoms with E-state index in [2.05, 4.69) is 32.7 Å². The summed E-state index contributed by atoms with van der Waals surface area (Å²) in [6, 6.07) is 17.6. The fourth-order valence-corrected chi connectivity index (χ4v) is 4.96. The highest BCUT2D eigenvalue weighted by Gasteiger charge is 2.27. The lowest BCUT2D eigenvalue weighted by atomic mass is 10.2. The van der Waals surface area contributed by atoms with Gasteiger partial charge in [-0.1, -0.05) is 53.2 Å². The lowest BCUT2D eigenvalue weighted by Crippen LogP contribution is -2.48. The summed E-state index contributed by atoms with van der Waals surface area (Å²) in [7, 11) is 0. The second-order valence-electron chi connectivity index (χ2n) is 7.99. The molecule has 0 bridgehead atoms. The Hall–Kier alpha value is -3.07. The minimum Gasteiger partial charge on any atom is -0.335 e. The average molecular weight is 479 g/mol. The molecule has 0 aliphatic carbocycles. The highest BCUT2D eigenvalue weighted by Crippen LogP contribution is 2.24. The minimum absolute atomic E-state index is 0.0829. The summed E-state index contributed by atoms with van der Waals surface area (Å²) in [5.74, 6) is -0.0829. The van der Waals surface area contributed by atoms with Gasteiger partial charge in [0.25, 0.3) is 5.91 Å². The number of carbonyl (C=O) groups excluding carboxylic acids is 1. The van der Waals surface area contributed by atoms with E-state index in [9.17, 15) is 4.79 Å². The molecule has 4 aromatic rings. The van der Waals surface area contributed by atoms with Gasteiger partial charge < -0.3 is 4.90 Å². The molecule has 1 aliphatic heterocycles. The van der Waals surface area contributed by atoms with Crippen LogP contribution in [0.4, 0.5) is 0 Å². The molecule has 0 spiro atoms. The van der Waals surface area contributed by atoms with Crippen molar-refractivity contribution in [3.8, 4) is 16.3 Å². The zero-order chi connectivity index (χ0) is 22.8. The van der Waals surface area contributed by atoms with Crippen LogP contribution in [0.15, 0.2) is 60.0 Å². The number of carbonyl (C=O) groups is 1. The standard InChI is InChI=1S/C24H23ClN6OS/c1-17-22(27-28-31(17)21-9-5-8-19(25)14-21)24(32)30-12-10-29(11-13-30)15-20-16-33-23(26-20)18-6-3-2-4-7-18/h2-9,14,16H,10-13,15H2,1H3. The van der Waals surface area contributed by atoms with Crippen LogP contribution in [-0.2, 0) is 6.54 Å². The number of rotatable bonds is 5. The second kappa shape index (κ2) is 9.43. The van der Waals surface area contributed by atoms with E-state index >= 15 is 0 Å². The van der Waals surface area contributed by atoms with E-state index in [4.69, 9.17) is 16.6 Å². The monoisotopic (exact) mass is 478 g/mol. The first-order valence-corrected chi connectivity index (χ1v) is 12.0. The van der Waals surface area contributed by atoms with Crippen LogP contribution in [0.3, 0.4) is 0 Å². The van der Waals surface area contributed by atoms with Crippen molar-refractivity contribution in [2.45, 2.75) is 13.5 Å². The fraction of sp³-hybridized carbons (Fsp3) is 0.250. The lowest BCUT2D eigenvalue weighted by molar-refractivity contribution is 0.0620. The number of amides is 1. The number of benzene rings is 2. The molecule has 1 amide bonds. The van der Waals surface area contributed by atoms with Gasteiger partial charge >= 0.3 is 0 Å². The minimum atomic E-state index is -0.0829. The summed E-state index contributed by atoms with van der Waals surface area (Å²) in [6.07, 6.45) is 0. The number of nitrogens with zero attached hydrogens (tertiary/aromatic N) is 6. The summed E-state index contributed by atoms with van der Waals surface area (Å²) >= 11 is 7.77. The molecule has 5 rings (SSSR count). The number of piperazine rings is 1. The first-order valence-electron chi connectivity index (χ1n) is 10.8. The summed E-state index contributed by atoms with van der Waals surface area (Å²) in [5, 5.41) is 12.1. The molecule has 3 heterocycles. The maximum Gasteiger partial charge on any atom is 0.276 e. The van der Waals surface area contributed by atoms with Crippen LogP contribution in [0.25, 0.3) is 16.3 Å². The summed E-state index contributed by atoms with van der Waals surface area (Å²) in [4.78, 5) is 22.1. The number of aromatic nitrogens is 4. The molecule has 0 atom stereocenters. The van der Waals surface area contributed by atoms with Crippen molar-refractivity contribution >= 4 is 28.8 Å². The van der Waals surface area contributed by atoms with Gasteiger partial charge in [0.05, 0.1) is 17.1 Å². The molecule has 2 aromatic heterocycles. The van der Waals surface area contributed by atoms with Gasteiger partial charge in [-0.3, -0.25) is 9.69 Å². The molecule has 0 radical (unpaired) electrons. The Morgan fingerprint density at radius 2 is 1.85 bits per heavy atom. The van der Waals surface area contributed by atoms with Crippen LogP contribution in [0, 0.1) is 6.92 Å². The first kappa shape index (κ1) is 21.8. The van der Waals surface area contributed by atoms with Crippen LogP contribution in [-0.4, -0.2) is 61.9 Å². The zero-order valence-corrected chi connectivity index (χ0v) is 19.8. The fourth-order valence-electron chi connectivity index (χ4n) is 3.96. The molecule has 1 saturated heterocycles. The smallest absolute Gasteiger partial charge is 0.276 e. The van der Waals surface area contributed by atoms with Crippen molar-refractivity contribution < 1.29 is 4.79 Å². The highest BCUT2D eigenvalue weighted by molar-refractivity contribution is 7.13. The van der Waals surface area contributed by atoms with Gasteiger partial charge in [0, 0.05) is 48.7 Å². The molecule has 0 N–H and O–H groups in total. The van der Waals surface area contributed by atoms with Crippen LogP contribution in [0.2, 0.25) is 5.02 Å². The lowest BCUT2D eigenvalue weighted by Gasteiger charge is -2.34. The zero-order valence-electron chi connectivity index (χ0n) is 18.2. The quantitative estimate of drug-likeness (QED) is 0.427. The second-order valence-corrected chi connectivity index (χ2v) is 9.29. The Kier molecular flexibility index (Phi) is 6.22. The number of halogens is 1. The number of thiazole rings is 1. The van der Waals surface area contributed by atoms with E-state index in [0.717, 1.165) is 41.6 Å². The molecule has 1 fully saturated rings. The third-order valence-corrected chi connectivity index (χ3v) is 6.94. The van der Waals surface area contributed by atoms with E-state index in [1.54, 1.807) is 28.2 Å². The van der Waals surface area contributed by atoms with Gasteiger partial charge in [0.1, 0.15) is 5.01 Å². The Morgan fingerprint density at radius 1 is 1.06 bits per heavy atom. The molecule has 1 aliphatic rings. The predicted molar refractivity (Wildman–Crippen MR) is 130 cm³/mol. The van der Waals surface area contributed by atoms with Crippen LogP contribution >= 0.6 is 22.9 Å². The first-order chi connectivity index (χ1) is 16.1. The van der Waals surface area contributed by atoms with Gasteiger partial charge in [-0.05, 0) is 25.1 Å². The molecule has 33 heavy (non-hydrogen) atoms. The van der Waals surface area contributed by atoms with E-state index < -0.39 is 0 Å². The van der Waals surface area contributed by atoms with E-state index in [-0.39, 0.29) is 5.91 Å². The van der Waals surface area contributed by atoms with Crippen molar-refractivity contribution in [3.05, 3.63) is 82.1 Å². The number of hydrogen-bond acceptors (Lipinski definition) is 6. The van der Waals surface area contributed by atoms with Gasteiger partial charge in [-0.2, -0.15) is 0 Å². The van der Waals surface area contributed by atoms with Gasteiger partial charge in [0.2, 0.25) is 0 Å². The Bertz CT molecular complexity index is 1260. The summed E-state index contributed by atoms with van der Waals surface area (Å²) in [6.45, 7) is 5.54. The van der Waals surface area contributed by atoms with Crippen LogP contribution < -0.4 is 0 Å². The van der Waals surface area contributed by atoms with Crippen molar-refractivity contribution in [1.29, 1.82) is 0 Å². The largest absolute Gasteiger partial charge is 0.335 e. The predicted octanol–water partition coefficient (Wildman–Crippen LogP) is 4.31. The maximum atomic E-state index is 13.1. The average Bonchev–Trinajstić information content (AvgIpc) is 3.46. The molecule has 7 nitrogen and oxygen atoms in total. The van der Waals surface area contributed by atoms with Gasteiger partial charge in [0.15, 0.2) is 5.69 Å². The molecular formula is C24H23ClN6OS. The molecule has 0 saturated carbocycles. The molecule has 9 heteroatoms. The Labute approximate surface area is 201 Å². The summed E-state index contributed by atoms with van der Waals surface area (Å²) in [5.41, 5.74) is 4.09. The van der Waals surface area contributed by atoms with Crippen molar-refractivity contribution in [3.63, 3.8) is 0 Å². The highest BCUT2D eigenvalue weighted by atomic mass is 35.5. The van der Waals surface area contributed by atoms with Gasteiger partial charge in [-0.15, -0.1) is 16.4 Å².